The summed E-state index contributed by atoms with van der Waals surface area (Å²) >= 11 is 0. The number of rotatable bonds is 6. The quantitative estimate of drug-likeness (QED) is 0.159. The van der Waals surface area contributed by atoms with Gasteiger partial charge in [0.25, 0.3) is 0 Å². The third-order valence-corrected chi connectivity index (χ3v) is 13.6. The normalized spacial score (nSPS) is 12.9. The number of hydrogen-bond acceptors (Lipinski definition) is 0. The number of para-hydroxylation sites is 4. The van der Waals surface area contributed by atoms with Crippen LogP contribution in [0.5, 0.6) is 0 Å². The van der Waals surface area contributed by atoms with Crippen molar-refractivity contribution >= 4 is 43.6 Å². The average Bonchev–Trinajstić information content (AvgIpc) is 3.99. The molecule has 0 bridgehead atoms. The second-order valence-electron chi connectivity index (χ2n) is 16.8. The SMILES string of the molecule is c1ccc(-n2c3ccccc3c3cc(-c4ccc(C5(c6ccc(-c7ccc8c(c7)c7ccccc7n8-c7ccccc7)cc6)c6ccccc6-c6ccccc65)cc4)ccc32)cc1. The van der Waals surface area contributed by atoms with Crippen molar-refractivity contribution in [3.63, 3.8) is 0 Å². The first-order valence-corrected chi connectivity index (χ1v) is 21.8. The van der Waals surface area contributed by atoms with E-state index in [0.29, 0.717) is 0 Å². The van der Waals surface area contributed by atoms with E-state index in [1.54, 1.807) is 0 Å². The molecule has 2 nitrogen and oxygen atoms in total. The van der Waals surface area contributed by atoms with Crippen LogP contribution in [0.25, 0.3) is 88.4 Å². The fraction of sp³-hybridized carbons (Fsp3) is 0.0164. The summed E-state index contributed by atoms with van der Waals surface area (Å²) < 4.78 is 4.76. The molecule has 0 saturated carbocycles. The van der Waals surface area contributed by atoms with Crippen molar-refractivity contribution in [1.29, 1.82) is 0 Å². The van der Waals surface area contributed by atoms with Crippen LogP contribution in [0.15, 0.2) is 243 Å². The molecule has 0 radical (unpaired) electrons. The summed E-state index contributed by atoms with van der Waals surface area (Å²) in [7, 11) is 0. The molecule has 13 rings (SSSR count). The Morgan fingerprint density at radius 3 is 1.05 bits per heavy atom. The van der Waals surface area contributed by atoms with E-state index in [0.717, 1.165) is 0 Å². The van der Waals surface area contributed by atoms with Crippen LogP contribution in [0, 0.1) is 0 Å². The van der Waals surface area contributed by atoms with E-state index in [-0.39, 0.29) is 0 Å². The van der Waals surface area contributed by atoms with Gasteiger partial charge in [0.1, 0.15) is 0 Å². The number of benzene rings is 10. The smallest absolute Gasteiger partial charge is 0.0713 e. The molecule has 2 heteroatoms. The molecule has 1 aliphatic carbocycles. The molecule has 0 saturated heterocycles. The van der Waals surface area contributed by atoms with Gasteiger partial charge < -0.3 is 9.13 Å². The van der Waals surface area contributed by atoms with Gasteiger partial charge in [-0.15, -0.1) is 0 Å². The number of fused-ring (bicyclic) bond motifs is 9. The molecule has 2 aromatic heterocycles. The fourth-order valence-corrected chi connectivity index (χ4v) is 10.9. The van der Waals surface area contributed by atoms with E-state index >= 15 is 0 Å². The highest BCUT2D eigenvalue weighted by Crippen LogP contribution is 2.56. The Kier molecular flexibility index (Phi) is 7.85. The largest absolute Gasteiger partial charge is 0.309 e. The Bertz CT molecular complexity index is 3450. The molecule has 0 fully saturated rings. The van der Waals surface area contributed by atoms with Crippen LogP contribution in [0.2, 0.25) is 0 Å². The van der Waals surface area contributed by atoms with E-state index in [4.69, 9.17) is 0 Å². The van der Waals surface area contributed by atoms with Gasteiger partial charge in [0.15, 0.2) is 0 Å². The minimum Gasteiger partial charge on any atom is -0.309 e. The Balaban J connectivity index is 0.936. The van der Waals surface area contributed by atoms with Crippen LogP contribution >= 0.6 is 0 Å². The third-order valence-electron chi connectivity index (χ3n) is 13.6. The van der Waals surface area contributed by atoms with Crippen molar-refractivity contribution in [3.05, 3.63) is 265 Å². The molecule has 294 valence electrons. The van der Waals surface area contributed by atoms with Gasteiger partial charge in [-0.05, 0) is 116 Å². The zero-order valence-corrected chi connectivity index (χ0v) is 34.5. The maximum absolute atomic E-state index is 2.38. The molecule has 0 atom stereocenters. The lowest BCUT2D eigenvalue weighted by atomic mass is 9.67. The maximum atomic E-state index is 2.38. The zero-order chi connectivity index (χ0) is 41.5. The Morgan fingerprint density at radius 2 is 0.603 bits per heavy atom. The minimum atomic E-state index is -0.496. The van der Waals surface area contributed by atoms with Gasteiger partial charge in [0, 0.05) is 32.9 Å². The summed E-state index contributed by atoms with van der Waals surface area (Å²) in [5.74, 6) is 0. The molecule has 0 unspecified atom stereocenters. The first-order valence-electron chi connectivity index (χ1n) is 21.8. The summed E-state index contributed by atoms with van der Waals surface area (Å²) in [4.78, 5) is 0. The molecule has 0 aliphatic heterocycles. The first kappa shape index (κ1) is 35.5. The first-order chi connectivity index (χ1) is 31.3. The van der Waals surface area contributed by atoms with Gasteiger partial charge in [-0.25, -0.2) is 0 Å². The van der Waals surface area contributed by atoms with Crippen LogP contribution in [-0.4, -0.2) is 9.13 Å². The number of aromatic nitrogens is 2. The average molecular weight is 801 g/mol. The summed E-state index contributed by atoms with van der Waals surface area (Å²) in [5.41, 5.74) is 19.3. The van der Waals surface area contributed by atoms with Crippen molar-refractivity contribution in [2.45, 2.75) is 5.41 Å². The van der Waals surface area contributed by atoms with Crippen molar-refractivity contribution in [2.24, 2.45) is 0 Å². The second-order valence-corrected chi connectivity index (χ2v) is 16.8. The summed E-state index contributed by atoms with van der Waals surface area (Å²) in [6.45, 7) is 0. The molecule has 0 spiro atoms. The van der Waals surface area contributed by atoms with E-state index in [9.17, 15) is 0 Å². The van der Waals surface area contributed by atoms with Gasteiger partial charge >= 0.3 is 0 Å². The van der Waals surface area contributed by atoms with Crippen molar-refractivity contribution in [1.82, 2.24) is 9.13 Å². The van der Waals surface area contributed by atoms with Gasteiger partial charge in [-0.2, -0.15) is 0 Å². The van der Waals surface area contributed by atoms with Gasteiger partial charge in [0.2, 0.25) is 0 Å². The summed E-state index contributed by atoms with van der Waals surface area (Å²) in [6, 6.07) is 89.5. The molecular formula is C61H40N2. The number of nitrogens with zero attached hydrogens (tertiary/aromatic N) is 2. The van der Waals surface area contributed by atoms with Crippen LogP contribution in [0.1, 0.15) is 22.3 Å². The molecule has 2 heterocycles. The van der Waals surface area contributed by atoms with E-state index in [1.165, 1.54) is 111 Å². The van der Waals surface area contributed by atoms with E-state index < -0.39 is 5.41 Å². The molecule has 0 N–H and O–H groups in total. The molecule has 12 aromatic rings. The predicted octanol–water partition coefficient (Wildman–Crippen LogP) is 15.6. The molecule has 0 amide bonds. The summed E-state index contributed by atoms with van der Waals surface area (Å²) in [5, 5.41) is 5.03. The van der Waals surface area contributed by atoms with Crippen LogP contribution in [0.3, 0.4) is 0 Å². The molecular weight excluding hydrogens is 761 g/mol. The zero-order valence-electron chi connectivity index (χ0n) is 34.5. The van der Waals surface area contributed by atoms with Gasteiger partial charge in [-0.1, -0.05) is 182 Å². The highest BCUT2D eigenvalue weighted by molar-refractivity contribution is 6.11. The fourth-order valence-electron chi connectivity index (χ4n) is 10.9. The van der Waals surface area contributed by atoms with Crippen LogP contribution < -0.4 is 0 Å². The highest BCUT2D eigenvalue weighted by Gasteiger charge is 2.45. The lowest BCUT2D eigenvalue weighted by molar-refractivity contribution is 0.769. The third kappa shape index (κ3) is 5.25. The van der Waals surface area contributed by atoms with Crippen molar-refractivity contribution in [2.75, 3.05) is 0 Å². The minimum absolute atomic E-state index is 0.496. The topological polar surface area (TPSA) is 9.86 Å². The highest BCUT2D eigenvalue weighted by atomic mass is 15.0. The molecule has 10 aromatic carbocycles. The summed E-state index contributed by atoms with van der Waals surface area (Å²) in [6.07, 6.45) is 0. The lowest BCUT2D eigenvalue weighted by Crippen LogP contribution is -2.28. The van der Waals surface area contributed by atoms with E-state index in [2.05, 4.69) is 252 Å². The maximum Gasteiger partial charge on any atom is 0.0713 e. The van der Waals surface area contributed by atoms with Crippen molar-refractivity contribution in [3.8, 4) is 44.8 Å². The van der Waals surface area contributed by atoms with E-state index in [1.807, 2.05) is 0 Å². The second kappa shape index (κ2) is 13.9. The Morgan fingerprint density at radius 1 is 0.254 bits per heavy atom. The Labute approximate surface area is 366 Å². The standard InChI is InChI=1S/C61H40N2/c1-3-15-47(16-4-1)62-57-25-13-9-21-51(57)53-39-43(31-37-59(53)62)41-27-33-45(34-28-41)61(55-23-11-7-19-49(55)50-20-8-12-24-56(50)61)46-35-29-42(30-36-46)44-32-38-60-54(40-44)52-22-10-14-26-58(52)63(60)48-17-5-2-6-18-48/h1-40H. The van der Waals surface area contributed by atoms with Crippen LogP contribution in [-0.2, 0) is 5.41 Å². The monoisotopic (exact) mass is 800 g/mol. The van der Waals surface area contributed by atoms with Gasteiger partial charge in [-0.3, -0.25) is 0 Å². The molecule has 63 heavy (non-hydrogen) atoms. The number of hydrogen-bond donors (Lipinski definition) is 0. The Hall–Kier alpha value is -8.20. The molecule has 1 aliphatic rings. The van der Waals surface area contributed by atoms with Crippen LogP contribution in [0.4, 0.5) is 0 Å². The van der Waals surface area contributed by atoms with Crippen molar-refractivity contribution < 1.29 is 0 Å². The van der Waals surface area contributed by atoms with Gasteiger partial charge in [0.05, 0.1) is 27.5 Å². The lowest BCUT2D eigenvalue weighted by Gasteiger charge is -2.34. The predicted molar refractivity (Wildman–Crippen MR) is 263 cm³/mol.